The van der Waals surface area contributed by atoms with Crippen LogP contribution in [0.2, 0.25) is 0 Å². The molecule has 0 amide bonds. The molecule has 0 bridgehead atoms. The average molecular weight is 1020 g/mol. The topological polar surface area (TPSA) is 200 Å². The van der Waals surface area contributed by atoms with E-state index in [4.69, 9.17) is 85.3 Å². The molecule has 2 aromatic carbocycles. The Bertz CT molecular complexity index is 1290. The quantitative estimate of drug-likeness (QED) is 0.0682. The summed E-state index contributed by atoms with van der Waals surface area (Å²) in [6.45, 7) is 15.1. The van der Waals surface area contributed by atoms with Gasteiger partial charge in [0.15, 0.2) is 0 Å². The lowest BCUT2D eigenvalue weighted by molar-refractivity contribution is -0.147. The molecule has 408 valence electrons. The molecule has 0 aromatic heterocycles. The summed E-state index contributed by atoms with van der Waals surface area (Å²) < 4.78 is 98.1. The van der Waals surface area contributed by atoms with Gasteiger partial charge in [-0.3, -0.25) is 9.59 Å². The average Bonchev–Trinajstić information content (AvgIpc) is 3.39. The summed E-state index contributed by atoms with van der Waals surface area (Å²) in [5.41, 5.74) is 2.29. The van der Waals surface area contributed by atoms with E-state index in [1.54, 1.807) is 0 Å². The molecule has 0 spiro atoms. The maximum atomic E-state index is 11.9. The zero-order valence-corrected chi connectivity index (χ0v) is 42.1. The van der Waals surface area contributed by atoms with Crippen molar-refractivity contribution >= 4 is 11.9 Å². The molecule has 71 heavy (non-hydrogen) atoms. The van der Waals surface area contributed by atoms with Crippen LogP contribution in [0.1, 0.15) is 30.4 Å². The standard InChI is InChI=1S/C51H84O20/c52-50(70-44-42-66-36-34-62-28-26-58-20-18-54-14-16-56-22-24-60-30-32-64-38-40-68-46-48-8-3-1-4-9-48)12-7-13-51(53)71-45-43-67-37-35-63-29-27-59-21-19-55-15-17-57-23-25-61-31-33-65-39-41-69-47-49-10-5-2-6-11-49/h1-6,8-11H,7,12-47H2. The molecule has 0 aliphatic rings. The van der Waals surface area contributed by atoms with Crippen molar-refractivity contribution in [1.82, 2.24) is 0 Å². The number of esters is 2. The molecule has 0 heterocycles. The summed E-state index contributed by atoms with van der Waals surface area (Å²) in [7, 11) is 0. The summed E-state index contributed by atoms with van der Waals surface area (Å²) in [4.78, 5) is 23.9. The molecule has 0 N–H and O–H groups in total. The van der Waals surface area contributed by atoms with Gasteiger partial charge >= 0.3 is 11.9 Å². The number of hydrogen-bond acceptors (Lipinski definition) is 20. The Kier molecular flexibility index (Phi) is 47.7. The minimum Gasteiger partial charge on any atom is -0.463 e. The van der Waals surface area contributed by atoms with Crippen molar-refractivity contribution in [2.24, 2.45) is 0 Å². The zero-order valence-electron chi connectivity index (χ0n) is 42.1. The van der Waals surface area contributed by atoms with E-state index in [9.17, 15) is 9.59 Å². The van der Waals surface area contributed by atoms with Gasteiger partial charge < -0.3 is 85.3 Å². The van der Waals surface area contributed by atoms with E-state index in [1.807, 2.05) is 60.7 Å². The summed E-state index contributed by atoms with van der Waals surface area (Å²) >= 11 is 0. The van der Waals surface area contributed by atoms with Gasteiger partial charge in [-0.15, -0.1) is 0 Å². The summed E-state index contributed by atoms with van der Waals surface area (Å²) in [6.07, 6.45) is 0.549. The highest BCUT2D eigenvalue weighted by atomic mass is 16.6. The molecular formula is C51H84O20. The normalized spacial score (nSPS) is 11.4. The van der Waals surface area contributed by atoms with Crippen LogP contribution in [-0.2, 0) is 108 Å². The predicted octanol–water partition coefficient (Wildman–Crippen LogP) is 3.91. The monoisotopic (exact) mass is 1020 g/mol. The van der Waals surface area contributed by atoms with Gasteiger partial charge in [-0.2, -0.15) is 0 Å². The van der Waals surface area contributed by atoms with Crippen molar-refractivity contribution in [2.45, 2.75) is 32.5 Å². The van der Waals surface area contributed by atoms with Crippen molar-refractivity contribution in [3.8, 4) is 0 Å². The molecule has 0 atom stereocenters. The van der Waals surface area contributed by atoms with Crippen molar-refractivity contribution in [3.05, 3.63) is 71.8 Å². The smallest absolute Gasteiger partial charge is 0.305 e. The number of carbonyl (C=O) groups excluding carboxylic acids is 2. The SMILES string of the molecule is O=C(CCCC(=O)OCCOCCOCCOCCOCCOCCOCCOCCOCc1ccccc1)OCCOCCOCCOCCOCCOCCOCCOCCOCc1ccccc1. The first kappa shape index (κ1) is 63.9. The van der Waals surface area contributed by atoms with Crippen molar-refractivity contribution in [2.75, 3.05) is 211 Å². The zero-order chi connectivity index (χ0) is 50.3. The second-order valence-corrected chi connectivity index (χ2v) is 14.9. The highest BCUT2D eigenvalue weighted by molar-refractivity contribution is 5.72. The third-order valence-corrected chi connectivity index (χ3v) is 9.17. The molecule has 0 radical (unpaired) electrons. The van der Waals surface area contributed by atoms with Crippen LogP contribution < -0.4 is 0 Å². The number of ether oxygens (including phenoxy) is 18. The maximum absolute atomic E-state index is 11.9. The molecule has 0 saturated heterocycles. The second-order valence-electron chi connectivity index (χ2n) is 14.9. The van der Waals surface area contributed by atoms with Crippen LogP contribution in [0.4, 0.5) is 0 Å². The number of hydrogen-bond donors (Lipinski definition) is 0. The second kappa shape index (κ2) is 53.0. The minimum absolute atomic E-state index is 0.110. The predicted molar refractivity (Wildman–Crippen MR) is 259 cm³/mol. The summed E-state index contributed by atoms with van der Waals surface area (Å²) in [6, 6.07) is 20.1. The number of rotatable bonds is 56. The minimum atomic E-state index is -0.400. The third kappa shape index (κ3) is 47.5. The van der Waals surface area contributed by atoms with Gasteiger partial charge in [0.25, 0.3) is 0 Å². The van der Waals surface area contributed by atoms with Gasteiger partial charge in [0.05, 0.1) is 211 Å². The first-order valence-electron chi connectivity index (χ1n) is 24.9. The van der Waals surface area contributed by atoms with E-state index in [-0.39, 0.29) is 39.3 Å². The lowest BCUT2D eigenvalue weighted by atomic mass is 10.2. The number of carbonyl (C=O) groups is 2. The lowest BCUT2D eigenvalue weighted by Gasteiger charge is -2.09. The van der Waals surface area contributed by atoms with E-state index in [1.165, 1.54) is 0 Å². The fourth-order valence-electron chi connectivity index (χ4n) is 5.56. The molecule has 0 aliphatic heterocycles. The third-order valence-electron chi connectivity index (χ3n) is 9.17. The fraction of sp³-hybridized carbons (Fsp3) is 0.725. The molecule has 20 heteroatoms. The molecule has 2 rings (SSSR count). The van der Waals surface area contributed by atoms with Gasteiger partial charge in [-0.05, 0) is 17.5 Å². The van der Waals surface area contributed by atoms with E-state index in [0.717, 1.165) is 11.1 Å². The fourth-order valence-corrected chi connectivity index (χ4v) is 5.56. The van der Waals surface area contributed by atoms with E-state index in [0.29, 0.717) is 205 Å². The van der Waals surface area contributed by atoms with Gasteiger partial charge in [0, 0.05) is 12.8 Å². The van der Waals surface area contributed by atoms with Crippen LogP contribution in [-0.4, -0.2) is 223 Å². The Morgan fingerprint density at radius 2 is 0.423 bits per heavy atom. The van der Waals surface area contributed by atoms with Crippen molar-refractivity contribution in [3.63, 3.8) is 0 Å². The van der Waals surface area contributed by atoms with Gasteiger partial charge in [0.1, 0.15) is 13.2 Å². The molecule has 0 aliphatic carbocycles. The molecule has 0 fully saturated rings. The Hall–Kier alpha value is -3.26. The van der Waals surface area contributed by atoms with Crippen molar-refractivity contribution in [1.29, 1.82) is 0 Å². The molecule has 20 nitrogen and oxygen atoms in total. The Balaban J connectivity index is 1.14. The first-order chi connectivity index (χ1) is 35.2. The number of benzene rings is 2. The van der Waals surface area contributed by atoms with E-state index < -0.39 is 11.9 Å². The molecule has 0 unspecified atom stereocenters. The highest BCUT2D eigenvalue weighted by Gasteiger charge is 2.08. The van der Waals surface area contributed by atoms with E-state index in [2.05, 4.69) is 0 Å². The Morgan fingerprint density at radius 1 is 0.239 bits per heavy atom. The molecule has 0 saturated carbocycles. The van der Waals surface area contributed by atoms with Gasteiger partial charge in [-0.1, -0.05) is 60.7 Å². The van der Waals surface area contributed by atoms with Crippen LogP contribution in [0.15, 0.2) is 60.7 Å². The van der Waals surface area contributed by atoms with Crippen LogP contribution >= 0.6 is 0 Å². The maximum Gasteiger partial charge on any atom is 0.305 e. The van der Waals surface area contributed by atoms with Crippen LogP contribution in [0.25, 0.3) is 0 Å². The Morgan fingerprint density at radius 3 is 0.634 bits per heavy atom. The van der Waals surface area contributed by atoms with Crippen molar-refractivity contribution < 1.29 is 94.9 Å². The van der Waals surface area contributed by atoms with Crippen LogP contribution in [0.3, 0.4) is 0 Å². The molecular weight excluding hydrogens is 933 g/mol. The largest absolute Gasteiger partial charge is 0.463 e. The first-order valence-corrected chi connectivity index (χ1v) is 24.9. The van der Waals surface area contributed by atoms with Crippen LogP contribution in [0, 0.1) is 0 Å². The lowest BCUT2D eigenvalue weighted by Crippen LogP contribution is -2.16. The summed E-state index contributed by atoms with van der Waals surface area (Å²) in [5.74, 6) is -0.800. The Labute approximate surface area is 421 Å². The highest BCUT2D eigenvalue weighted by Crippen LogP contribution is 2.02. The molecule has 2 aromatic rings. The van der Waals surface area contributed by atoms with E-state index >= 15 is 0 Å². The van der Waals surface area contributed by atoms with Gasteiger partial charge in [-0.25, -0.2) is 0 Å². The summed E-state index contributed by atoms with van der Waals surface area (Å²) in [5, 5.41) is 0. The van der Waals surface area contributed by atoms with Crippen LogP contribution in [0.5, 0.6) is 0 Å². The van der Waals surface area contributed by atoms with Gasteiger partial charge in [0.2, 0.25) is 0 Å².